The Bertz CT molecular complexity index is 1170. The molecule has 0 saturated heterocycles. The average Bonchev–Trinajstić information content (AvgIpc) is 2.77. The van der Waals surface area contributed by atoms with Crippen molar-refractivity contribution in [3.05, 3.63) is 107 Å². The van der Waals surface area contributed by atoms with Crippen molar-refractivity contribution in [1.29, 1.82) is 0 Å². The Balaban J connectivity index is 1.50. The maximum absolute atomic E-state index is 12.5. The number of aromatic nitrogens is 4. The van der Waals surface area contributed by atoms with Gasteiger partial charge in [0.1, 0.15) is 5.69 Å². The first kappa shape index (κ1) is 18.2. The zero-order valence-corrected chi connectivity index (χ0v) is 15.4. The topological polar surface area (TPSA) is 89.8 Å². The van der Waals surface area contributed by atoms with Gasteiger partial charge >= 0.3 is 0 Å². The predicted octanol–water partition coefficient (Wildman–Crippen LogP) is 3.00. The van der Waals surface area contributed by atoms with E-state index in [2.05, 4.69) is 20.4 Å². The summed E-state index contributed by atoms with van der Waals surface area (Å²) in [4.78, 5) is 33.2. The van der Waals surface area contributed by atoms with Crippen molar-refractivity contribution in [2.75, 3.05) is 5.32 Å². The van der Waals surface area contributed by atoms with E-state index in [0.717, 1.165) is 11.1 Å². The molecule has 7 heteroatoms. The van der Waals surface area contributed by atoms with Crippen molar-refractivity contribution in [3.63, 3.8) is 0 Å². The fourth-order valence-corrected chi connectivity index (χ4v) is 2.76. The minimum atomic E-state index is -0.442. The van der Waals surface area contributed by atoms with E-state index >= 15 is 0 Å². The molecule has 1 N–H and O–H groups in total. The lowest BCUT2D eigenvalue weighted by Gasteiger charge is -2.08. The molecule has 0 spiro atoms. The molecule has 0 atom stereocenters. The van der Waals surface area contributed by atoms with Crippen molar-refractivity contribution in [2.45, 2.75) is 6.54 Å². The Hall–Kier alpha value is -4.13. The summed E-state index contributed by atoms with van der Waals surface area (Å²) in [6.07, 6.45) is 3.07. The third-order valence-corrected chi connectivity index (χ3v) is 4.22. The molecule has 0 fully saturated rings. The number of carbonyl (C=O) groups is 1. The molecule has 2 aromatic heterocycles. The lowest BCUT2D eigenvalue weighted by molar-refractivity contribution is 0.102. The predicted molar refractivity (Wildman–Crippen MR) is 109 cm³/mol. The third kappa shape index (κ3) is 4.41. The zero-order valence-electron chi connectivity index (χ0n) is 15.4. The second-order valence-corrected chi connectivity index (χ2v) is 6.32. The van der Waals surface area contributed by atoms with E-state index in [1.807, 2.05) is 60.7 Å². The standard InChI is InChI=1S/C22H17N5O2/c28-20-12-11-19(26-27(20)15-16-7-3-1-4-8-16)22(29)25-18-13-23-21(24-14-18)17-9-5-2-6-10-17/h1-14H,15H2,(H,25,29). The van der Waals surface area contributed by atoms with Crippen LogP contribution in [0.2, 0.25) is 0 Å². The van der Waals surface area contributed by atoms with Crippen molar-refractivity contribution in [1.82, 2.24) is 19.7 Å². The Morgan fingerprint density at radius 3 is 2.21 bits per heavy atom. The molecule has 1 amide bonds. The molecular weight excluding hydrogens is 366 g/mol. The van der Waals surface area contributed by atoms with Crippen LogP contribution in [0.1, 0.15) is 16.1 Å². The molecule has 0 aliphatic carbocycles. The highest BCUT2D eigenvalue weighted by Gasteiger charge is 2.11. The molecule has 4 aromatic rings. The van der Waals surface area contributed by atoms with Gasteiger partial charge in [-0.3, -0.25) is 9.59 Å². The van der Waals surface area contributed by atoms with Gasteiger partial charge in [-0.25, -0.2) is 14.6 Å². The number of rotatable bonds is 5. The van der Waals surface area contributed by atoms with Crippen LogP contribution >= 0.6 is 0 Å². The number of hydrogen-bond acceptors (Lipinski definition) is 5. The van der Waals surface area contributed by atoms with Gasteiger partial charge < -0.3 is 5.32 Å². The van der Waals surface area contributed by atoms with Gasteiger partial charge in [-0.15, -0.1) is 0 Å². The second-order valence-electron chi connectivity index (χ2n) is 6.32. The van der Waals surface area contributed by atoms with Gasteiger partial charge in [0.25, 0.3) is 11.5 Å². The summed E-state index contributed by atoms with van der Waals surface area (Å²) in [6, 6.07) is 21.7. The Morgan fingerprint density at radius 2 is 1.52 bits per heavy atom. The molecule has 142 valence electrons. The molecule has 2 aromatic carbocycles. The van der Waals surface area contributed by atoms with Crippen molar-refractivity contribution in [2.24, 2.45) is 0 Å². The van der Waals surface area contributed by atoms with Crippen LogP contribution in [-0.4, -0.2) is 25.7 Å². The Labute approximate surface area is 166 Å². The summed E-state index contributed by atoms with van der Waals surface area (Å²) < 4.78 is 1.26. The van der Waals surface area contributed by atoms with Gasteiger partial charge in [0, 0.05) is 11.6 Å². The van der Waals surface area contributed by atoms with Gasteiger partial charge in [-0.1, -0.05) is 60.7 Å². The van der Waals surface area contributed by atoms with Gasteiger partial charge in [0.2, 0.25) is 0 Å². The summed E-state index contributed by atoms with van der Waals surface area (Å²) in [7, 11) is 0. The summed E-state index contributed by atoms with van der Waals surface area (Å²) in [5.41, 5.74) is 2.11. The molecule has 0 unspecified atom stereocenters. The summed E-state index contributed by atoms with van der Waals surface area (Å²) in [5, 5.41) is 6.89. The highest BCUT2D eigenvalue weighted by Crippen LogP contribution is 2.15. The summed E-state index contributed by atoms with van der Waals surface area (Å²) in [5.74, 6) is 0.126. The number of carbonyl (C=O) groups excluding carboxylic acids is 1. The Morgan fingerprint density at radius 1 is 0.862 bits per heavy atom. The fraction of sp³-hybridized carbons (Fsp3) is 0.0455. The molecule has 0 radical (unpaired) electrons. The van der Waals surface area contributed by atoms with E-state index < -0.39 is 5.91 Å². The van der Waals surface area contributed by atoms with E-state index in [0.29, 0.717) is 11.5 Å². The maximum atomic E-state index is 12.5. The third-order valence-electron chi connectivity index (χ3n) is 4.22. The average molecular weight is 383 g/mol. The molecule has 0 aliphatic rings. The molecule has 7 nitrogen and oxygen atoms in total. The number of benzene rings is 2. The monoisotopic (exact) mass is 383 g/mol. The maximum Gasteiger partial charge on any atom is 0.276 e. The van der Waals surface area contributed by atoms with Gasteiger partial charge in [-0.05, 0) is 11.6 Å². The van der Waals surface area contributed by atoms with Crippen LogP contribution < -0.4 is 10.9 Å². The second kappa shape index (κ2) is 8.26. The first-order valence-corrected chi connectivity index (χ1v) is 9.00. The smallest absolute Gasteiger partial charge is 0.276 e. The summed E-state index contributed by atoms with van der Waals surface area (Å²) in [6.45, 7) is 0.287. The highest BCUT2D eigenvalue weighted by molar-refractivity contribution is 6.02. The fourth-order valence-electron chi connectivity index (χ4n) is 2.76. The number of hydrogen-bond donors (Lipinski definition) is 1. The van der Waals surface area contributed by atoms with Crippen molar-refractivity contribution in [3.8, 4) is 11.4 Å². The van der Waals surface area contributed by atoms with E-state index in [9.17, 15) is 9.59 Å². The lowest BCUT2D eigenvalue weighted by Crippen LogP contribution is -2.26. The minimum Gasteiger partial charge on any atom is -0.318 e. The van der Waals surface area contributed by atoms with E-state index in [1.165, 1.54) is 29.2 Å². The zero-order chi connectivity index (χ0) is 20.1. The SMILES string of the molecule is O=C(Nc1cnc(-c2ccccc2)nc1)c1ccc(=O)n(Cc2ccccc2)n1. The molecule has 0 aliphatic heterocycles. The Kier molecular flexibility index (Phi) is 5.20. The largest absolute Gasteiger partial charge is 0.318 e. The van der Waals surface area contributed by atoms with Crippen molar-refractivity contribution >= 4 is 11.6 Å². The first-order chi connectivity index (χ1) is 14.2. The number of nitrogens with zero attached hydrogens (tertiary/aromatic N) is 4. The quantitative estimate of drug-likeness (QED) is 0.572. The molecule has 29 heavy (non-hydrogen) atoms. The molecule has 4 rings (SSSR count). The highest BCUT2D eigenvalue weighted by atomic mass is 16.2. The van der Waals surface area contributed by atoms with E-state index in [1.54, 1.807) is 0 Å². The minimum absolute atomic E-state index is 0.132. The molecule has 2 heterocycles. The van der Waals surface area contributed by atoms with Gasteiger partial charge in [-0.2, -0.15) is 5.10 Å². The van der Waals surface area contributed by atoms with Crippen LogP contribution in [0.15, 0.2) is 90.0 Å². The first-order valence-electron chi connectivity index (χ1n) is 9.00. The number of anilines is 1. The number of nitrogens with one attached hydrogen (secondary N) is 1. The van der Waals surface area contributed by atoms with E-state index in [4.69, 9.17) is 0 Å². The van der Waals surface area contributed by atoms with Gasteiger partial charge in [0.05, 0.1) is 24.6 Å². The van der Waals surface area contributed by atoms with Crippen LogP contribution in [0.5, 0.6) is 0 Å². The molecule has 0 saturated carbocycles. The molecular formula is C22H17N5O2. The normalized spacial score (nSPS) is 10.5. The van der Waals surface area contributed by atoms with Crippen LogP contribution in [0.4, 0.5) is 5.69 Å². The van der Waals surface area contributed by atoms with Crippen LogP contribution in [0.25, 0.3) is 11.4 Å². The summed E-state index contributed by atoms with van der Waals surface area (Å²) >= 11 is 0. The number of amides is 1. The van der Waals surface area contributed by atoms with Crippen molar-refractivity contribution < 1.29 is 4.79 Å². The van der Waals surface area contributed by atoms with Crippen LogP contribution in [0.3, 0.4) is 0 Å². The lowest BCUT2D eigenvalue weighted by atomic mass is 10.2. The van der Waals surface area contributed by atoms with Crippen LogP contribution in [-0.2, 0) is 6.54 Å². The molecule has 0 bridgehead atoms. The van der Waals surface area contributed by atoms with Gasteiger partial charge in [0.15, 0.2) is 5.82 Å². The van der Waals surface area contributed by atoms with E-state index in [-0.39, 0.29) is 17.8 Å². The van der Waals surface area contributed by atoms with Crippen LogP contribution in [0, 0.1) is 0 Å².